The van der Waals surface area contributed by atoms with E-state index in [1.54, 1.807) is 11.3 Å². The van der Waals surface area contributed by atoms with Gasteiger partial charge in [0.25, 0.3) is 0 Å². The molecule has 0 aliphatic rings. The fraction of sp³-hybridized carbons (Fsp3) is 0.214. The van der Waals surface area contributed by atoms with Gasteiger partial charge < -0.3 is 11.1 Å². The number of nitrogens with two attached hydrogens (primary N) is 1. The van der Waals surface area contributed by atoms with E-state index in [9.17, 15) is 4.79 Å². The molecule has 18 heavy (non-hydrogen) atoms. The summed E-state index contributed by atoms with van der Waals surface area (Å²) in [6.07, 6.45) is 0.393. The summed E-state index contributed by atoms with van der Waals surface area (Å²) in [5, 5.41) is 4.87. The van der Waals surface area contributed by atoms with Crippen LogP contribution >= 0.6 is 11.3 Å². The number of carbonyl (C=O) groups is 1. The Kier molecular flexibility index (Phi) is 3.67. The molecule has 0 atom stereocenters. The molecule has 3 nitrogen and oxygen atoms in total. The zero-order chi connectivity index (χ0) is 13.1. The van der Waals surface area contributed by atoms with Crippen molar-refractivity contribution in [2.75, 3.05) is 11.1 Å². The van der Waals surface area contributed by atoms with E-state index in [1.165, 1.54) is 0 Å². The summed E-state index contributed by atoms with van der Waals surface area (Å²) >= 11 is 1.58. The predicted octanol–water partition coefficient (Wildman–Crippen LogP) is 3.13. The van der Waals surface area contributed by atoms with E-state index in [0.29, 0.717) is 12.1 Å². The first-order chi connectivity index (χ1) is 8.58. The molecule has 0 aliphatic heterocycles. The molecular formula is C14H16N2OS. The summed E-state index contributed by atoms with van der Waals surface area (Å²) in [5.74, 6) is -0.0298. The molecule has 3 N–H and O–H groups in total. The maximum Gasteiger partial charge on any atom is 0.229 e. The van der Waals surface area contributed by atoms with Crippen molar-refractivity contribution in [3.05, 3.63) is 45.6 Å². The van der Waals surface area contributed by atoms with E-state index in [1.807, 2.05) is 43.5 Å². The molecule has 0 bridgehead atoms. The monoisotopic (exact) mass is 260 g/mol. The zero-order valence-corrected chi connectivity index (χ0v) is 11.3. The highest BCUT2D eigenvalue weighted by molar-refractivity contribution is 7.10. The van der Waals surface area contributed by atoms with Crippen LogP contribution in [-0.4, -0.2) is 5.91 Å². The lowest BCUT2D eigenvalue weighted by Gasteiger charge is -2.13. The van der Waals surface area contributed by atoms with Gasteiger partial charge in [0.1, 0.15) is 0 Å². The highest BCUT2D eigenvalue weighted by Crippen LogP contribution is 2.26. The molecule has 0 spiro atoms. The molecule has 1 aromatic heterocycles. The third-order valence-electron chi connectivity index (χ3n) is 2.95. The Morgan fingerprint density at radius 2 is 2.11 bits per heavy atom. The van der Waals surface area contributed by atoms with Gasteiger partial charge in [-0.1, -0.05) is 12.1 Å². The molecule has 2 aromatic rings. The van der Waals surface area contributed by atoms with Gasteiger partial charge >= 0.3 is 0 Å². The molecule has 0 fully saturated rings. The minimum absolute atomic E-state index is 0.0298. The third-order valence-corrected chi connectivity index (χ3v) is 3.82. The Bertz CT molecular complexity index is 561. The first kappa shape index (κ1) is 12.6. The Morgan fingerprint density at radius 1 is 1.33 bits per heavy atom. The Labute approximate surface area is 111 Å². The number of rotatable bonds is 3. The van der Waals surface area contributed by atoms with E-state index in [2.05, 4.69) is 5.32 Å². The van der Waals surface area contributed by atoms with E-state index >= 15 is 0 Å². The molecule has 0 unspecified atom stereocenters. The van der Waals surface area contributed by atoms with Crippen LogP contribution in [0, 0.1) is 13.8 Å². The van der Waals surface area contributed by atoms with E-state index in [4.69, 9.17) is 5.73 Å². The van der Waals surface area contributed by atoms with Crippen molar-refractivity contribution in [1.29, 1.82) is 0 Å². The van der Waals surface area contributed by atoms with Crippen LogP contribution in [0.1, 0.15) is 16.0 Å². The normalized spacial score (nSPS) is 10.3. The first-order valence-electron chi connectivity index (χ1n) is 5.76. The quantitative estimate of drug-likeness (QED) is 0.833. The molecule has 4 heteroatoms. The summed E-state index contributed by atoms with van der Waals surface area (Å²) in [5.41, 5.74) is 9.39. The number of anilines is 2. The van der Waals surface area contributed by atoms with Crippen LogP contribution in [-0.2, 0) is 11.2 Å². The average molecular weight is 260 g/mol. The smallest absolute Gasteiger partial charge is 0.229 e. The van der Waals surface area contributed by atoms with Gasteiger partial charge in [0.2, 0.25) is 5.91 Å². The first-order valence-corrected chi connectivity index (χ1v) is 6.64. The highest BCUT2D eigenvalue weighted by atomic mass is 32.1. The van der Waals surface area contributed by atoms with Crippen molar-refractivity contribution in [2.24, 2.45) is 0 Å². The maximum absolute atomic E-state index is 11.9. The van der Waals surface area contributed by atoms with Gasteiger partial charge in [0.05, 0.1) is 17.8 Å². The largest absolute Gasteiger partial charge is 0.397 e. The molecule has 1 amide bonds. The van der Waals surface area contributed by atoms with Crippen molar-refractivity contribution in [2.45, 2.75) is 20.3 Å². The number of nitrogens with one attached hydrogen (secondary N) is 1. The lowest BCUT2D eigenvalue weighted by Crippen LogP contribution is -2.16. The lowest BCUT2D eigenvalue weighted by atomic mass is 10.1. The van der Waals surface area contributed by atoms with Gasteiger partial charge in [0, 0.05) is 4.88 Å². The lowest BCUT2D eigenvalue weighted by molar-refractivity contribution is -0.115. The fourth-order valence-electron chi connectivity index (χ4n) is 1.76. The van der Waals surface area contributed by atoms with Crippen molar-refractivity contribution in [3.8, 4) is 0 Å². The van der Waals surface area contributed by atoms with E-state index in [0.717, 1.165) is 21.7 Å². The number of hydrogen-bond acceptors (Lipinski definition) is 3. The number of thiophene rings is 1. The van der Waals surface area contributed by atoms with Crippen LogP contribution in [0.5, 0.6) is 0 Å². The highest BCUT2D eigenvalue weighted by Gasteiger charge is 2.10. The number of aryl methyl sites for hydroxylation is 1. The van der Waals surface area contributed by atoms with Gasteiger partial charge in [-0.3, -0.25) is 4.79 Å². The van der Waals surface area contributed by atoms with Crippen LogP contribution < -0.4 is 11.1 Å². The summed E-state index contributed by atoms with van der Waals surface area (Å²) in [7, 11) is 0. The number of nitrogen functional groups attached to an aromatic ring is 1. The summed E-state index contributed by atoms with van der Waals surface area (Å²) in [6.45, 7) is 3.97. The third kappa shape index (κ3) is 2.71. The Morgan fingerprint density at radius 3 is 2.78 bits per heavy atom. The second kappa shape index (κ2) is 5.23. The van der Waals surface area contributed by atoms with Crippen molar-refractivity contribution >= 4 is 28.6 Å². The second-order valence-corrected chi connectivity index (χ2v) is 5.31. The minimum Gasteiger partial charge on any atom is -0.397 e. The number of hydrogen-bond donors (Lipinski definition) is 2. The number of carbonyl (C=O) groups excluding carboxylic acids is 1. The molecule has 1 heterocycles. The number of amides is 1. The van der Waals surface area contributed by atoms with Crippen LogP contribution in [0.3, 0.4) is 0 Å². The molecule has 2 rings (SSSR count). The van der Waals surface area contributed by atoms with Crippen LogP contribution in [0.15, 0.2) is 29.6 Å². The molecule has 94 valence electrons. The van der Waals surface area contributed by atoms with Crippen LogP contribution in [0.25, 0.3) is 0 Å². The predicted molar refractivity (Wildman–Crippen MR) is 77.0 cm³/mol. The summed E-state index contributed by atoms with van der Waals surface area (Å²) < 4.78 is 0. The minimum atomic E-state index is -0.0298. The summed E-state index contributed by atoms with van der Waals surface area (Å²) in [6, 6.07) is 7.68. The Balaban J connectivity index is 2.14. The Hall–Kier alpha value is -1.81. The average Bonchev–Trinajstić information content (AvgIpc) is 2.82. The molecule has 0 saturated heterocycles. The van der Waals surface area contributed by atoms with Gasteiger partial charge in [0.15, 0.2) is 0 Å². The topological polar surface area (TPSA) is 55.1 Å². The SMILES string of the molecule is Cc1ccc(N)c(NC(=O)Cc2cccs2)c1C. The van der Waals surface area contributed by atoms with E-state index < -0.39 is 0 Å². The van der Waals surface area contributed by atoms with Gasteiger partial charge in [-0.15, -0.1) is 11.3 Å². The molecular weight excluding hydrogens is 244 g/mol. The van der Waals surface area contributed by atoms with Gasteiger partial charge in [-0.25, -0.2) is 0 Å². The maximum atomic E-state index is 11.9. The van der Waals surface area contributed by atoms with Crippen molar-refractivity contribution in [1.82, 2.24) is 0 Å². The van der Waals surface area contributed by atoms with E-state index in [-0.39, 0.29) is 5.91 Å². The second-order valence-electron chi connectivity index (χ2n) is 4.28. The fourth-order valence-corrected chi connectivity index (χ4v) is 2.46. The zero-order valence-electron chi connectivity index (χ0n) is 10.5. The summed E-state index contributed by atoms with van der Waals surface area (Å²) in [4.78, 5) is 13.0. The molecule has 0 aliphatic carbocycles. The van der Waals surface area contributed by atoms with Crippen molar-refractivity contribution < 1.29 is 4.79 Å². The van der Waals surface area contributed by atoms with Crippen molar-refractivity contribution in [3.63, 3.8) is 0 Å². The molecule has 0 saturated carbocycles. The standard InChI is InChI=1S/C14H16N2OS/c1-9-5-6-12(15)14(10(9)2)16-13(17)8-11-4-3-7-18-11/h3-7H,8,15H2,1-2H3,(H,16,17). The van der Waals surface area contributed by atoms with Crippen LogP contribution in [0.4, 0.5) is 11.4 Å². The molecule has 1 aromatic carbocycles. The number of benzene rings is 1. The van der Waals surface area contributed by atoms with Gasteiger partial charge in [-0.2, -0.15) is 0 Å². The van der Waals surface area contributed by atoms with Crippen LogP contribution in [0.2, 0.25) is 0 Å². The van der Waals surface area contributed by atoms with Gasteiger partial charge in [-0.05, 0) is 42.5 Å². The molecule has 0 radical (unpaired) electrons.